The first-order chi connectivity index (χ1) is 11.5. The molecular formula is C17H19NO6. The Morgan fingerprint density at radius 1 is 1.29 bits per heavy atom. The predicted octanol–water partition coefficient (Wildman–Crippen LogP) is 3.02. The van der Waals surface area contributed by atoms with Gasteiger partial charge in [0, 0.05) is 18.9 Å². The van der Waals surface area contributed by atoms with E-state index in [1.807, 2.05) is 6.92 Å². The third-order valence-corrected chi connectivity index (χ3v) is 2.97. The van der Waals surface area contributed by atoms with Gasteiger partial charge >= 0.3 is 11.9 Å². The summed E-state index contributed by atoms with van der Waals surface area (Å²) < 4.78 is 10.2. The van der Waals surface area contributed by atoms with Crippen LogP contribution in [0.4, 0.5) is 5.69 Å². The minimum absolute atomic E-state index is 0.00798. The van der Waals surface area contributed by atoms with Crippen molar-refractivity contribution in [1.29, 1.82) is 0 Å². The highest BCUT2D eigenvalue weighted by molar-refractivity contribution is 5.74. The largest absolute Gasteiger partial charge is 0.449 e. The number of esters is 2. The smallest absolute Gasteiger partial charge is 0.311 e. The van der Waals surface area contributed by atoms with Crippen molar-refractivity contribution >= 4 is 17.6 Å². The van der Waals surface area contributed by atoms with E-state index < -0.39 is 23.0 Å². The van der Waals surface area contributed by atoms with Gasteiger partial charge < -0.3 is 9.47 Å². The van der Waals surface area contributed by atoms with Gasteiger partial charge in [0.1, 0.15) is 5.75 Å². The van der Waals surface area contributed by atoms with Gasteiger partial charge in [0.2, 0.25) is 0 Å². The number of nitrogens with zero attached hydrogens (tertiary/aromatic N) is 1. The summed E-state index contributed by atoms with van der Waals surface area (Å²) in [6.07, 6.45) is 0.517. The first-order valence-electron chi connectivity index (χ1n) is 7.53. The Morgan fingerprint density at radius 2 is 2.00 bits per heavy atom. The van der Waals surface area contributed by atoms with Gasteiger partial charge in [0.05, 0.1) is 11.0 Å². The van der Waals surface area contributed by atoms with Crippen LogP contribution in [0, 0.1) is 22.0 Å². The zero-order valence-electron chi connectivity index (χ0n) is 13.6. The Bertz CT molecular complexity index is 659. The molecule has 1 aromatic rings. The van der Waals surface area contributed by atoms with E-state index >= 15 is 0 Å². The molecule has 1 atom stereocenters. The van der Waals surface area contributed by atoms with Crippen molar-refractivity contribution in [1.82, 2.24) is 0 Å². The van der Waals surface area contributed by atoms with Crippen LogP contribution in [-0.2, 0) is 14.3 Å². The molecule has 0 aliphatic heterocycles. The maximum Gasteiger partial charge on any atom is 0.311 e. The highest BCUT2D eigenvalue weighted by Crippen LogP contribution is 2.19. The van der Waals surface area contributed by atoms with Crippen molar-refractivity contribution in [3.63, 3.8) is 0 Å². The van der Waals surface area contributed by atoms with Gasteiger partial charge in [0.15, 0.2) is 6.10 Å². The van der Waals surface area contributed by atoms with E-state index in [-0.39, 0.29) is 30.7 Å². The van der Waals surface area contributed by atoms with E-state index in [9.17, 15) is 19.7 Å². The zero-order chi connectivity index (χ0) is 17.9. The standard InChI is InChI=1S/C17H19NO6/c1-3-7-14(4-2)23-16(19)10-6-11-17(20)24-15-9-5-8-13(12-15)18(21)22/h5,8-9,12,14H,4,6,10-11H2,1-2H3. The van der Waals surface area contributed by atoms with Crippen molar-refractivity contribution in [2.24, 2.45) is 0 Å². The first-order valence-corrected chi connectivity index (χ1v) is 7.53. The number of carbonyl (C=O) groups is 2. The number of nitro benzene ring substituents is 1. The molecule has 7 heteroatoms. The molecule has 0 saturated carbocycles. The van der Waals surface area contributed by atoms with Crippen LogP contribution in [0.2, 0.25) is 0 Å². The van der Waals surface area contributed by atoms with Crippen LogP contribution in [0.3, 0.4) is 0 Å². The molecule has 0 amide bonds. The molecule has 0 fully saturated rings. The molecule has 0 aromatic heterocycles. The van der Waals surface area contributed by atoms with E-state index in [2.05, 4.69) is 11.8 Å². The lowest BCUT2D eigenvalue weighted by molar-refractivity contribution is -0.384. The van der Waals surface area contributed by atoms with Gasteiger partial charge in [-0.05, 0) is 25.8 Å². The molecule has 1 aromatic carbocycles. The van der Waals surface area contributed by atoms with Crippen LogP contribution in [0.25, 0.3) is 0 Å². The van der Waals surface area contributed by atoms with Gasteiger partial charge in [0.25, 0.3) is 5.69 Å². The Balaban J connectivity index is 2.38. The van der Waals surface area contributed by atoms with Gasteiger partial charge in [-0.15, -0.1) is 5.92 Å². The maximum atomic E-state index is 11.7. The second-order valence-corrected chi connectivity index (χ2v) is 4.86. The third-order valence-electron chi connectivity index (χ3n) is 2.97. The van der Waals surface area contributed by atoms with Gasteiger partial charge in [-0.3, -0.25) is 19.7 Å². The molecule has 0 aliphatic rings. The minimum atomic E-state index is -0.573. The summed E-state index contributed by atoms with van der Waals surface area (Å²) in [5, 5.41) is 10.6. The normalized spacial score (nSPS) is 10.9. The summed E-state index contributed by atoms with van der Waals surface area (Å²) in [7, 11) is 0. The Morgan fingerprint density at radius 3 is 2.62 bits per heavy atom. The fourth-order valence-corrected chi connectivity index (χ4v) is 1.81. The summed E-state index contributed by atoms with van der Waals surface area (Å²) in [6, 6.07) is 5.35. The van der Waals surface area contributed by atoms with Crippen LogP contribution in [-0.4, -0.2) is 23.0 Å². The molecule has 0 aliphatic carbocycles. The van der Waals surface area contributed by atoms with Crippen molar-refractivity contribution < 1.29 is 24.0 Å². The highest BCUT2D eigenvalue weighted by Gasteiger charge is 2.13. The molecule has 1 rings (SSSR count). The monoisotopic (exact) mass is 333 g/mol. The molecule has 0 spiro atoms. The molecule has 0 N–H and O–H groups in total. The van der Waals surface area contributed by atoms with Crippen molar-refractivity contribution in [3.8, 4) is 17.6 Å². The quantitative estimate of drug-likeness (QED) is 0.238. The molecule has 0 saturated heterocycles. The summed E-state index contributed by atoms with van der Waals surface area (Å²) in [4.78, 5) is 33.4. The van der Waals surface area contributed by atoms with Crippen LogP contribution in [0.1, 0.15) is 39.5 Å². The van der Waals surface area contributed by atoms with E-state index in [4.69, 9.17) is 9.47 Å². The summed E-state index contributed by atoms with van der Waals surface area (Å²) in [5.74, 6) is 4.57. The number of hydrogen-bond acceptors (Lipinski definition) is 6. The molecule has 7 nitrogen and oxygen atoms in total. The van der Waals surface area contributed by atoms with E-state index in [1.54, 1.807) is 6.92 Å². The van der Waals surface area contributed by atoms with Gasteiger partial charge in [-0.1, -0.05) is 18.9 Å². The SMILES string of the molecule is CC#CC(CC)OC(=O)CCCC(=O)Oc1cccc([N+](=O)[O-])c1. The summed E-state index contributed by atoms with van der Waals surface area (Å²) >= 11 is 0. The number of carbonyl (C=O) groups excluding carboxylic acids is 2. The Labute approximate surface area is 140 Å². The number of hydrogen-bond donors (Lipinski definition) is 0. The van der Waals surface area contributed by atoms with Crippen LogP contribution >= 0.6 is 0 Å². The molecule has 1 unspecified atom stereocenters. The first kappa shape index (κ1) is 19.2. The fraction of sp³-hybridized carbons (Fsp3) is 0.412. The fourth-order valence-electron chi connectivity index (χ4n) is 1.81. The summed E-state index contributed by atoms with van der Waals surface area (Å²) in [6.45, 7) is 3.53. The maximum absolute atomic E-state index is 11.7. The van der Waals surface area contributed by atoms with Crippen LogP contribution in [0.15, 0.2) is 24.3 Å². The lowest BCUT2D eigenvalue weighted by Gasteiger charge is -2.10. The van der Waals surface area contributed by atoms with Gasteiger partial charge in [-0.25, -0.2) is 0 Å². The molecular weight excluding hydrogens is 314 g/mol. The number of benzene rings is 1. The van der Waals surface area contributed by atoms with E-state index in [0.717, 1.165) is 0 Å². The molecule has 0 bridgehead atoms. The van der Waals surface area contributed by atoms with E-state index in [1.165, 1.54) is 24.3 Å². The average Bonchev–Trinajstić information content (AvgIpc) is 2.54. The molecule has 0 heterocycles. The number of nitro groups is 1. The lowest BCUT2D eigenvalue weighted by atomic mass is 10.2. The van der Waals surface area contributed by atoms with Crippen LogP contribution in [0.5, 0.6) is 5.75 Å². The highest BCUT2D eigenvalue weighted by atomic mass is 16.6. The van der Waals surface area contributed by atoms with Crippen molar-refractivity contribution in [2.45, 2.75) is 45.6 Å². The lowest BCUT2D eigenvalue weighted by Crippen LogP contribution is -2.16. The second kappa shape index (κ2) is 10.0. The number of non-ortho nitro benzene ring substituents is 1. The Hall–Kier alpha value is -2.88. The molecule has 24 heavy (non-hydrogen) atoms. The van der Waals surface area contributed by atoms with E-state index in [0.29, 0.717) is 6.42 Å². The summed E-state index contributed by atoms with van der Waals surface area (Å²) in [5.41, 5.74) is -0.161. The van der Waals surface area contributed by atoms with Crippen LogP contribution < -0.4 is 4.74 Å². The third kappa shape index (κ3) is 6.92. The Kier molecular flexibility index (Phi) is 7.99. The number of ether oxygens (including phenoxy) is 2. The molecule has 0 radical (unpaired) electrons. The second-order valence-electron chi connectivity index (χ2n) is 4.86. The minimum Gasteiger partial charge on any atom is -0.449 e. The van der Waals surface area contributed by atoms with Crippen molar-refractivity contribution in [3.05, 3.63) is 34.4 Å². The molecule has 128 valence electrons. The van der Waals surface area contributed by atoms with Gasteiger partial charge in [-0.2, -0.15) is 0 Å². The zero-order valence-corrected chi connectivity index (χ0v) is 13.6. The topological polar surface area (TPSA) is 95.7 Å². The van der Waals surface area contributed by atoms with Crippen molar-refractivity contribution in [2.75, 3.05) is 0 Å². The predicted molar refractivity (Wildman–Crippen MR) is 86.2 cm³/mol. The number of rotatable bonds is 8. The average molecular weight is 333 g/mol.